The van der Waals surface area contributed by atoms with Gasteiger partial charge in [0.05, 0.1) is 26.9 Å². The molecule has 0 aromatic heterocycles. The minimum atomic E-state index is -2.23. The zero-order valence-corrected chi connectivity index (χ0v) is 25.0. The molecule has 0 bridgehead atoms. The SMILES string of the molecule is C=CC1(O[Si](C)(C)C(C)(C)C)CC1(C/C=C/CC(CC(=C)CBr)(C(=O)OC)C(=O)OC)C(=O)OC. The predicted octanol–water partition coefficient (Wildman–Crippen LogP) is 5.51. The highest BCUT2D eigenvalue weighted by Crippen LogP contribution is 2.65. The summed E-state index contributed by atoms with van der Waals surface area (Å²) in [5.41, 5.74) is -2.68. The van der Waals surface area contributed by atoms with Crippen molar-refractivity contribution >= 4 is 42.2 Å². The average Bonchev–Trinajstić information content (AvgIpc) is 3.45. The second-order valence-corrected chi connectivity index (χ2v) is 16.0. The third-order valence-corrected chi connectivity index (χ3v) is 12.7. The predicted molar refractivity (Wildman–Crippen MR) is 143 cm³/mol. The Morgan fingerprint density at radius 1 is 1.03 bits per heavy atom. The molecule has 0 saturated heterocycles. The van der Waals surface area contributed by atoms with Crippen molar-refractivity contribution in [1.29, 1.82) is 0 Å². The smallest absolute Gasteiger partial charge is 0.323 e. The van der Waals surface area contributed by atoms with Crippen LogP contribution in [0, 0.1) is 10.8 Å². The fourth-order valence-electron chi connectivity index (χ4n) is 4.12. The van der Waals surface area contributed by atoms with Crippen LogP contribution in [0.1, 0.15) is 46.5 Å². The molecule has 198 valence electrons. The lowest BCUT2D eigenvalue weighted by Crippen LogP contribution is -2.46. The van der Waals surface area contributed by atoms with Crippen LogP contribution < -0.4 is 0 Å². The van der Waals surface area contributed by atoms with Crippen LogP contribution in [0.3, 0.4) is 0 Å². The Kier molecular flexibility index (Phi) is 10.3. The summed E-state index contributed by atoms with van der Waals surface area (Å²) in [4.78, 5) is 38.4. The number of carbonyl (C=O) groups is 3. The van der Waals surface area contributed by atoms with Gasteiger partial charge in [0.15, 0.2) is 13.7 Å². The molecule has 1 rings (SSSR count). The Bertz CT molecular complexity index is 857. The van der Waals surface area contributed by atoms with Gasteiger partial charge in [0.2, 0.25) is 0 Å². The summed E-state index contributed by atoms with van der Waals surface area (Å²) in [6.45, 7) is 18.6. The number of ether oxygens (including phenoxy) is 3. The largest absolute Gasteiger partial charge is 0.468 e. The van der Waals surface area contributed by atoms with Crippen molar-refractivity contribution < 1.29 is 33.0 Å². The van der Waals surface area contributed by atoms with Crippen molar-refractivity contribution in [1.82, 2.24) is 0 Å². The molecule has 1 aliphatic rings. The van der Waals surface area contributed by atoms with Gasteiger partial charge in [-0.2, -0.15) is 0 Å². The normalized spacial score (nSPS) is 22.4. The lowest BCUT2D eigenvalue weighted by atomic mass is 9.78. The van der Waals surface area contributed by atoms with Gasteiger partial charge >= 0.3 is 17.9 Å². The minimum absolute atomic E-state index is 0.0276. The van der Waals surface area contributed by atoms with Gasteiger partial charge in [0.25, 0.3) is 0 Å². The molecule has 0 aromatic rings. The van der Waals surface area contributed by atoms with Crippen molar-refractivity contribution in [3.8, 4) is 0 Å². The van der Waals surface area contributed by atoms with Crippen LogP contribution in [0.25, 0.3) is 0 Å². The number of hydrogen-bond donors (Lipinski definition) is 0. The quantitative estimate of drug-likeness (QED) is 0.0718. The third kappa shape index (κ3) is 6.17. The van der Waals surface area contributed by atoms with Gasteiger partial charge < -0.3 is 18.6 Å². The van der Waals surface area contributed by atoms with Crippen molar-refractivity contribution in [2.45, 2.75) is 70.2 Å². The Hall–Kier alpha value is -1.71. The monoisotopic (exact) mass is 572 g/mol. The molecule has 0 N–H and O–H groups in total. The molecule has 0 amide bonds. The van der Waals surface area contributed by atoms with E-state index >= 15 is 0 Å². The number of esters is 3. The van der Waals surface area contributed by atoms with E-state index < -0.39 is 36.7 Å². The van der Waals surface area contributed by atoms with Crippen molar-refractivity contribution in [2.75, 3.05) is 26.7 Å². The summed E-state index contributed by atoms with van der Waals surface area (Å²) in [6.07, 6.45) is 6.05. The number of allylic oxidation sites excluding steroid dienone is 3. The summed E-state index contributed by atoms with van der Waals surface area (Å²) in [6, 6.07) is 0. The molecule has 1 aliphatic carbocycles. The molecule has 2 atom stereocenters. The Labute approximate surface area is 219 Å². The molecule has 0 spiro atoms. The highest BCUT2D eigenvalue weighted by molar-refractivity contribution is 9.09. The molecule has 0 aliphatic heterocycles. The zero-order valence-electron chi connectivity index (χ0n) is 22.4. The summed E-state index contributed by atoms with van der Waals surface area (Å²) in [5.74, 6) is -1.78. The van der Waals surface area contributed by atoms with Crippen LogP contribution in [-0.2, 0) is 33.0 Å². The molecule has 0 radical (unpaired) electrons. The summed E-state index contributed by atoms with van der Waals surface area (Å²) in [5, 5.41) is 0.367. The number of alkyl halides is 1. The lowest BCUT2D eigenvalue weighted by Gasteiger charge is -2.40. The molecular weight excluding hydrogens is 532 g/mol. The fraction of sp³-hybridized carbons (Fsp3) is 0.654. The first kappa shape index (κ1) is 31.3. The first-order chi connectivity index (χ1) is 16.1. The van der Waals surface area contributed by atoms with E-state index in [9.17, 15) is 14.4 Å². The Morgan fingerprint density at radius 3 is 1.97 bits per heavy atom. The summed E-state index contributed by atoms with van der Waals surface area (Å²) in [7, 11) is 1.59. The molecule has 1 saturated carbocycles. The summed E-state index contributed by atoms with van der Waals surface area (Å²) < 4.78 is 21.8. The first-order valence-corrected chi connectivity index (χ1v) is 15.6. The van der Waals surface area contributed by atoms with Crippen molar-refractivity contribution in [3.63, 3.8) is 0 Å². The van der Waals surface area contributed by atoms with E-state index in [1.54, 1.807) is 18.2 Å². The molecule has 0 heterocycles. The lowest BCUT2D eigenvalue weighted by molar-refractivity contribution is -0.169. The molecule has 7 nitrogen and oxygen atoms in total. The first-order valence-electron chi connectivity index (χ1n) is 11.6. The van der Waals surface area contributed by atoms with Gasteiger partial charge in [0, 0.05) is 5.33 Å². The van der Waals surface area contributed by atoms with Crippen LogP contribution in [0.5, 0.6) is 0 Å². The highest BCUT2D eigenvalue weighted by Gasteiger charge is 2.73. The van der Waals surface area contributed by atoms with Crippen molar-refractivity contribution in [3.05, 3.63) is 37.0 Å². The molecule has 9 heteroatoms. The Morgan fingerprint density at radius 2 is 1.57 bits per heavy atom. The minimum Gasteiger partial charge on any atom is -0.468 e. The molecule has 0 aromatic carbocycles. The van der Waals surface area contributed by atoms with E-state index in [0.717, 1.165) is 0 Å². The van der Waals surface area contributed by atoms with Gasteiger partial charge in [0.1, 0.15) is 5.41 Å². The van der Waals surface area contributed by atoms with Gasteiger partial charge in [-0.3, -0.25) is 14.4 Å². The van der Waals surface area contributed by atoms with E-state index in [2.05, 4.69) is 63.0 Å². The number of rotatable bonds is 13. The standard InChI is InChI=1S/C26H41BrO7Si/c1-11-26(34-35(9,10)23(3,4)5)18-25(26,22(30)33-8)15-13-12-14-24(20(28)31-6,21(29)32-7)16-19(2)17-27/h11-13H,1-2,14-18H2,3-10H3/b13-12+. The number of carbonyl (C=O) groups excluding carboxylic acids is 3. The van der Waals surface area contributed by atoms with E-state index in [-0.39, 0.29) is 23.8 Å². The molecule has 35 heavy (non-hydrogen) atoms. The molecule has 1 fully saturated rings. The van der Waals surface area contributed by atoms with E-state index in [4.69, 9.17) is 18.6 Å². The topological polar surface area (TPSA) is 88.1 Å². The van der Waals surface area contributed by atoms with Crippen molar-refractivity contribution in [2.24, 2.45) is 10.8 Å². The average molecular weight is 574 g/mol. The van der Waals surface area contributed by atoms with Crippen LogP contribution in [0.4, 0.5) is 0 Å². The maximum Gasteiger partial charge on any atom is 0.323 e. The van der Waals surface area contributed by atoms with Crippen LogP contribution in [0.2, 0.25) is 18.1 Å². The maximum absolute atomic E-state index is 13.0. The molecule has 2 unspecified atom stereocenters. The Balaban J connectivity index is 3.29. The maximum atomic E-state index is 13.0. The number of halogens is 1. The summed E-state index contributed by atoms with van der Waals surface area (Å²) >= 11 is 3.31. The third-order valence-electron chi connectivity index (χ3n) is 7.39. The van der Waals surface area contributed by atoms with E-state index in [1.165, 1.54) is 21.3 Å². The second kappa shape index (κ2) is 11.6. The van der Waals surface area contributed by atoms with E-state index in [0.29, 0.717) is 23.7 Å². The van der Waals surface area contributed by atoms with Gasteiger partial charge in [-0.05, 0) is 43.8 Å². The second-order valence-electron chi connectivity index (χ2n) is 10.7. The van der Waals surface area contributed by atoms with E-state index in [1.807, 2.05) is 0 Å². The molecular formula is C26H41BrO7Si. The number of hydrogen-bond acceptors (Lipinski definition) is 7. The highest BCUT2D eigenvalue weighted by atomic mass is 79.9. The van der Waals surface area contributed by atoms with Gasteiger partial charge in [-0.1, -0.05) is 67.1 Å². The zero-order chi connectivity index (χ0) is 27.3. The van der Waals surface area contributed by atoms with Gasteiger partial charge in [-0.15, -0.1) is 6.58 Å². The van der Waals surface area contributed by atoms with Crippen LogP contribution in [-0.4, -0.2) is 58.5 Å². The number of methoxy groups -OCH3 is 3. The van der Waals surface area contributed by atoms with Gasteiger partial charge in [-0.25, -0.2) is 0 Å². The van der Waals surface area contributed by atoms with Crippen LogP contribution >= 0.6 is 15.9 Å². The van der Waals surface area contributed by atoms with Crippen LogP contribution in [0.15, 0.2) is 37.0 Å². The fourth-order valence-corrected chi connectivity index (χ4v) is 5.89.